The largest absolute Gasteiger partial charge is 0.302 e. The molecule has 0 spiro atoms. The molecule has 0 saturated carbocycles. The normalized spacial score (nSPS) is 19.8. The van der Waals surface area contributed by atoms with Crippen LogP contribution in [-0.2, 0) is 16.1 Å². The lowest BCUT2D eigenvalue weighted by Crippen LogP contribution is -2.50. The first-order valence-corrected chi connectivity index (χ1v) is 6.36. The summed E-state index contributed by atoms with van der Waals surface area (Å²) in [6.45, 7) is 0.378. The van der Waals surface area contributed by atoms with Gasteiger partial charge in [-0.05, 0) is 30.2 Å². The van der Waals surface area contributed by atoms with Gasteiger partial charge in [-0.3, -0.25) is 14.9 Å². The second-order valence-electron chi connectivity index (χ2n) is 4.16. The third-order valence-corrected chi connectivity index (χ3v) is 3.17. The molecule has 2 N–H and O–H groups in total. The molecule has 1 saturated heterocycles. The molecule has 1 aliphatic rings. The van der Waals surface area contributed by atoms with E-state index in [9.17, 15) is 14.0 Å². The highest BCUT2D eigenvalue weighted by molar-refractivity contribution is 9.10. The number of carbonyl (C=O) groups is 2. The van der Waals surface area contributed by atoms with Gasteiger partial charge >= 0.3 is 0 Å². The number of hydrogen-bond donors (Lipinski definition) is 2. The highest BCUT2D eigenvalue weighted by Gasteiger charge is 2.25. The number of piperidine rings is 1. The Labute approximate surface area is 112 Å². The Hall–Kier alpha value is -1.27. The molecule has 4 nitrogen and oxygen atoms in total. The van der Waals surface area contributed by atoms with E-state index in [0.717, 1.165) is 5.56 Å². The Morgan fingerprint density at radius 2 is 2.17 bits per heavy atom. The van der Waals surface area contributed by atoms with Crippen LogP contribution in [0.2, 0.25) is 0 Å². The molecule has 1 fully saturated rings. The Balaban J connectivity index is 1.95. The molecule has 6 heteroatoms. The first-order valence-electron chi connectivity index (χ1n) is 5.56. The number of benzene rings is 1. The maximum Gasteiger partial charge on any atom is 0.243 e. The Morgan fingerprint density at radius 3 is 2.83 bits per heavy atom. The lowest BCUT2D eigenvalue weighted by atomic mass is 10.1. The molecule has 0 bridgehead atoms. The van der Waals surface area contributed by atoms with Gasteiger partial charge in [0.15, 0.2) is 0 Å². The fraction of sp³-hybridized carbons (Fsp3) is 0.333. The van der Waals surface area contributed by atoms with E-state index in [4.69, 9.17) is 0 Å². The van der Waals surface area contributed by atoms with E-state index in [0.29, 0.717) is 23.9 Å². The van der Waals surface area contributed by atoms with Crippen LogP contribution in [0.1, 0.15) is 18.4 Å². The molecule has 1 unspecified atom stereocenters. The summed E-state index contributed by atoms with van der Waals surface area (Å²) >= 11 is 3.21. The van der Waals surface area contributed by atoms with Crippen LogP contribution in [0.4, 0.5) is 4.39 Å². The maximum absolute atomic E-state index is 13.1. The standard InChI is InChI=1S/C12H12BrFN2O2/c13-8-3-7(4-9(14)5-8)6-15-10-1-2-11(17)16-12(10)18/h3-5,10,15H,1-2,6H2,(H,16,17,18). The molecule has 0 aromatic heterocycles. The number of imide groups is 1. The zero-order valence-corrected chi connectivity index (χ0v) is 11.1. The molecule has 1 atom stereocenters. The summed E-state index contributed by atoms with van der Waals surface area (Å²) in [6.07, 6.45) is 0.803. The van der Waals surface area contributed by atoms with Crippen LogP contribution in [-0.4, -0.2) is 17.9 Å². The van der Waals surface area contributed by atoms with Crippen LogP contribution in [0.3, 0.4) is 0 Å². The van der Waals surface area contributed by atoms with E-state index >= 15 is 0 Å². The average Bonchev–Trinajstić information content (AvgIpc) is 2.26. The highest BCUT2D eigenvalue weighted by Crippen LogP contribution is 2.15. The average molecular weight is 315 g/mol. The van der Waals surface area contributed by atoms with E-state index in [1.54, 1.807) is 6.07 Å². The van der Waals surface area contributed by atoms with E-state index in [1.807, 2.05) is 0 Å². The smallest absolute Gasteiger partial charge is 0.243 e. The van der Waals surface area contributed by atoms with Crippen molar-refractivity contribution < 1.29 is 14.0 Å². The van der Waals surface area contributed by atoms with Crippen LogP contribution in [0.5, 0.6) is 0 Å². The Morgan fingerprint density at radius 1 is 1.39 bits per heavy atom. The van der Waals surface area contributed by atoms with Crippen LogP contribution < -0.4 is 10.6 Å². The van der Waals surface area contributed by atoms with Gasteiger partial charge in [-0.25, -0.2) is 4.39 Å². The quantitative estimate of drug-likeness (QED) is 0.831. The number of halogens is 2. The summed E-state index contributed by atoms with van der Waals surface area (Å²) in [7, 11) is 0. The molecular formula is C12H12BrFN2O2. The first-order chi connectivity index (χ1) is 8.54. The molecule has 0 aliphatic carbocycles. The van der Waals surface area contributed by atoms with E-state index in [-0.39, 0.29) is 17.6 Å². The zero-order valence-electron chi connectivity index (χ0n) is 9.50. The predicted molar refractivity (Wildman–Crippen MR) is 67.1 cm³/mol. The van der Waals surface area contributed by atoms with Gasteiger partial charge < -0.3 is 5.32 Å². The first kappa shape index (κ1) is 13.2. The Bertz CT molecular complexity index is 473. The highest BCUT2D eigenvalue weighted by atomic mass is 79.9. The van der Waals surface area contributed by atoms with Crippen molar-refractivity contribution in [3.8, 4) is 0 Å². The van der Waals surface area contributed by atoms with Gasteiger partial charge in [0.1, 0.15) is 5.82 Å². The number of carbonyl (C=O) groups excluding carboxylic acids is 2. The van der Waals surface area contributed by atoms with E-state index < -0.39 is 6.04 Å². The minimum absolute atomic E-state index is 0.244. The molecule has 18 heavy (non-hydrogen) atoms. The van der Waals surface area contributed by atoms with Gasteiger partial charge in [0.2, 0.25) is 11.8 Å². The summed E-state index contributed by atoms with van der Waals surface area (Å²) in [5, 5.41) is 5.28. The summed E-state index contributed by atoms with van der Waals surface area (Å²) in [6, 6.07) is 4.16. The molecular weight excluding hydrogens is 303 g/mol. The molecule has 0 radical (unpaired) electrons. The van der Waals surface area contributed by atoms with Crippen molar-refractivity contribution in [2.45, 2.75) is 25.4 Å². The zero-order chi connectivity index (χ0) is 13.1. The minimum Gasteiger partial charge on any atom is -0.302 e. The van der Waals surface area contributed by atoms with Crippen LogP contribution in [0.15, 0.2) is 22.7 Å². The van der Waals surface area contributed by atoms with E-state index in [1.165, 1.54) is 12.1 Å². The van der Waals surface area contributed by atoms with Gasteiger partial charge in [-0.1, -0.05) is 15.9 Å². The fourth-order valence-electron chi connectivity index (χ4n) is 1.84. The van der Waals surface area contributed by atoms with Crippen molar-refractivity contribution in [1.82, 2.24) is 10.6 Å². The number of nitrogens with one attached hydrogen (secondary N) is 2. The lowest BCUT2D eigenvalue weighted by Gasteiger charge is -2.21. The van der Waals surface area contributed by atoms with Gasteiger partial charge in [0.05, 0.1) is 6.04 Å². The maximum atomic E-state index is 13.1. The molecule has 1 aliphatic heterocycles. The second kappa shape index (κ2) is 5.58. The van der Waals surface area contributed by atoms with Crippen LogP contribution in [0.25, 0.3) is 0 Å². The molecule has 1 aromatic rings. The second-order valence-corrected chi connectivity index (χ2v) is 5.08. The van der Waals surface area contributed by atoms with Crippen molar-refractivity contribution in [3.63, 3.8) is 0 Å². The monoisotopic (exact) mass is 314 g/mol. The van der Waals surface area contributed by atoms with Crippen molar-refractivity contribution in [2.24, 2.45) is 0 Å². The predicted octanol–water partition coefficient (Wildman–Crippen LogP) is 1.48. The van der Waals surface area contributed by atoms with Gasteiger partial charge in [0, 0.05) is 17.4 Å². The molecule has 96 valence electrons. The minimum atomic E-state index is -0.398. The SMILES string of the molecule is O=C1CCC(NCc2cc(F)cc(Br)c2)C(=O)N1. The van der Waals surface area contributed by atoms with Crippen LogP contribution >= 0.6 is 15.9 Å². The topological polar surface area (TPSA) is 58.2 Å². The number of hydrogen-bond acceptors (Lipinski definition) is 3. The summed E-state index contributed by atoms with van der Waals surface area (Å²) in [4.78, 5) is 22.4. The van der Waals surface area contributed by atoms with Crippen LogP contribution in [0, 0.1) is 5.82 Å². The van der Waals surface area contributed by atoms with Crippen molar-refractivity contribution in [2.75, 3.05) is 0 Å². The molecule has 2 rings (SSSR count). The summed E-state index contributed by atoms with van der Waals surface area (Å²) in [5.41, 5.74) is 0.742. The fourth-order valence-corrected chi connectivity index (χ4v) is 2.36. The number of amides is 2. The van der Waals surface area contributed by atoms with Crippen molar-refractivity contribution >= 4 is 27.7 Å². The Kier molecular flexibility index (Phi) is 4.08. The van der Waals surface area contributed by atoms with Gasteiger partial charge in [0.25, 0.3) is 0 Å². The third kappa shape index (κ3) is 3.36. The third-order valence-electron chi connectivity index (χ3n) is 2.71. The molecule has 2 amide bonds. The number of rotatable bonds is 3. The van der Waals surface area contributed by atoms with Gasteiger partial charge in [-0.15, -0.1) is 0 Å². The van der Waals surface area contributed by atoms with Gasteiger partial charge in [-0.2, -0.15) is 0 Å². The molecule has 1 aromatic carbocycles. The molecule has 1 heterocycles. The lowest BCUT2D eigenvalue weighted by molar-refractivity contribution is -0.134. The summed E-state index contributed by atoms with van der Waals surface area (Å²) < 4.78 is 13.8. The summed E-state index contributed by atoms with van der Waals surface area (Å²) in [5.74, 6) is -0.891. The van der Waals surface area contributed by atoms with E-state index in [2.05, 4.69) is 26.6 Å². The van der Waals surface area contributed by atoms with Crippen molar-refractivity contribution in [3.05, 3.63) is 34.1 Å². The van der Waals surface area contributed by atoms with Crippen molar-refractivity contribution in [1.29, 1.82) is 0 Å².